The Hall–Kier alpha value is -2.83. The first-order valence-electron chi connectivity index (χ1n) is 10.1. The van der Waals surface area contributed by atoms with Gasteiger partial charge in [0.25, 0.3) is 5.56 Å². The molecule has 1 N–H and O–H groups in total. The Balaban J connectivity index is 1.51. The van der Waals surface area contributed by atoms with E-state index in [0.717, 1.165) is 18.7 Å². The summed E-state index contributed by atoms with van der Waals surface area (Å²) in [6, 6.07) is 14.4. The zero-order valence-corrected chi connectivity index (χ0v) is 16.7. The molecule has 4 rings (SSSR count). The number of piperidine rings is 1. The number of rotatable bonds is 6. The Labute approximate surface area is 170 Å². The summed E-state index contributed by atoms with van der Waals surface area (Å²) in [5, 5.41) is 0. The van der Waals surface area contributed by atoms with Gasteiger partial charge in [0, 0.05) is 43.7 Å². The van der Waals surface area contributed by atoms with Crippen molar-refractivity contribution >= 4 is 0 Å². The number of ether oxygens (including phenoxy) is 1. The summed E-state index contributed by atoms with van der Waals surface area (Å²) in [7, 11) is 1.59. The lowest BCUT2D eigenvalue weighted by Crippen LogP contribution is -2.32. The molecule has 0 aliphatic carbocycles. The van der Waals surface area contributed by atoms with Crippen molar-refractivity contribution in [1.29, 1.82) is 0 Å². The van der Waals surface area contributed by atoms with Crippen molar-refractivity contribution < 1.29 is 4.74 Å². The quantitative estimate of drug-likeness (QED) is 0.695. The van der Waals surface area contributed by atoms with Crippen LogP contribution >= 0.6 is 0 Å². The van der Waals surface area contributed by atoms with Crippen molar-refractivity contribution in [3.63, 3.8) is 0 Å². The van der Waals surface area contributed by atoms with E-state index in [1.165, 1.54) is 36.5 Å². The molecule has 0 saturated carbocycles. The van der Waals surface area contributed by atoms with E-state index in [-0.39, 0.29) is 5.56 Å². The number of hydrogen-bond donors (Lipinski definition) is 1. The highest BCUT2D eigenvalue weighted by Gasteiger charge is 2.24. The molecule has 29 heavy (non-hydrogen) atoms. The minimum absolute atomic E-state index is 0.168. The largest absolute Gasteiger partial charge is 0.378 e. The van der Waals surface area contributed by atoms with E-state index in [1.54, 1.807) is 7.11 Å². The van der Waals surface area contributed by atoms with Gasteiger partial charge in [-0.3, -0.25) is 14.7 Å². The Morgan fingerprint density at radius 1 is 1.21 bits per heavy atom. The second-order valence-corrected chi connectivity index (χ2v) is 7.48. The first kappa shape index (κ1) is 19.5. The minimum atomic E-state index is -0.168. The molecule has 1 aliphatic heterocycles. The molecule has 6 heteroatoms. The number of benzene rings is 1. The van der Waals surface area contributed by atoms with Crippen molar-refractivity contribution in [2.45, 2.75) is 38.5 Å². The van der Waals surface area contributed by atoms with Crippen molar-refractivity contribution in [2.24, 2.45) is 0 Å². The molecule has 1 aromatic carbocycles. The van der Waals surface area contributed by atoms with Gasteiger partial charge in [0.15, 0.2) is 0 Å². The third-order valence-electron chi connectivity index (χ3n) is 5.38. The highest BCUT2D eigenvalue weighted by molar-refractivity contribution is 5.55. The molecule has 6 nitrogen and oxygen atoms in total. The zero-order chi connectivity index (χ0) is 20.1. The normalized spacial score (nSPS) is 17.3. The molecule has 1 aliphatic rings. The van der Waals surface area contributed by atoms with Crippen LogP contribution in [0.5, 0.6) is 0 Å². The molecule has 1 fully saturated rings. The fourth-order valence-corrected chi connectivity index (χ4v) is 4.00. The van der Waals surface area contributed by atoms with Crippen LogP contribution < -0.4 is 5.56 Å². The predicted octanol–water partition coefficient (Wildman–Crippen LogP) is 3.71. The molecule has 1 unspecified atom stereocenters. The summed E-state index contributed by atoms with van der Waals surface area (Å²) in [5.74, 6) is 0.572. The average molecular weight is 390 g/mol. The number of H-pyrrole nitrogens is 1. The summed E-state index contributed by atoms with van der Waals surface area (Å²) >= 11 is 0. The van der Waals surface area contributed by atoms with Crippen LogP contribution in [-0.4, -0.2) is 33.5 Å². The lowest BCUT2D eigenvalue weighted by atomic mass is 9.95. The van der Waals surface area contributed by atoms with E-state index in [9.17, 15) is 4.79 Å². The molecule has 3 aromatic rings. The Morgan fingerprint density at radius 3 is 2.83 bits per heavy atom. The zero-order valence-electron chi connectivity index (χ0n) is 16.7. The fourth-order valence-electron chi connectivity index (χ4n) is 4.00. The number of likely N-dealkylation sites (tertiary alicyclic amines) is 1. The molecule has 0 amide bonds. The van der Waals surface area contributed by atoms with Crippen LogP contribution in [-0.2, 0) is 17.9 Å². The smallest absolute Gasteiger partial charge is 0.251 e. The van der Waals surface area contributed by atoms with Crippen LogP contribution in [0.3, 0.4) is 0 Å². The van der Waals surface area contributed by atoms with E-state index < -0.39 is 0 Å². The van der Waals surface area contributed by atoms with Gasteiger partial charge < -0.3 is 9.72 Å². The Kier molecular flexibility index (Phi) is 6.12. The van der Waals surface area contributed by atoms with Gasteiger partial charge in [-0.15, -0.1) is 0 Å². The molecular weight excluding hydrogens is 364 g/mol. The Bertz CT molecular complexity index is 986. The molecular formula is C23H26N4O2. The van der Waals surface area contributed by atoms with Gasteiger partial charge in [0.1, 0.15) is 5.82 Å². The van der Waals surface area contributed by atoms with Gasteiger partial charge in [-0.1, -0.05) is 36.8 Å². The van der Waals surface area contributed by atoms with E-state index in [1.807, 2.05) is 30.6 Å². The van der Waals surface area contributed by atoms with Crippen LogP contribution in [0.15, 0.2) is 59.7 Å². The summed E-state index contributed by atoms with van der Waals surface area (Å²) in [4.78, 5) is 26.0. The third kappa shape index (κ3) is 4.78. The first-order valence-corrected chi connectivity index (χ1v) is 10.1. The molecule has 150 valence electrons. The monoisotopic (exact) mass is 390 g/mol. The van der Waals surface area contributed by atoms with Crippen LogP contribution in [0.1, 0.15) is 42.1 Å². The number of pyridine rings is 1. The maximum atomic E-state index is 11.9. The molecule has 0 spiro atoms. The van der Waals surface area contributed by atoms with E-state index >= 15 is 0 Å². The average Bonchev–Trinajstić information content (AvgIpc) is 2.75. The Morgan fingerprint density at radius 2 is 2.07 bits per heavy atom. The van der Waals surface area contributed by atoms with Crippen LogP contribution in [0, 0.1) is 0 Å². The number of methoxy groups -OCH3 is 1. The highest BCUT2D eigenvalue weighted by Crippen LogP contribution is 2.31. The van der Waals surface area contributed by atoms with Gasteiger partial charge >= 0.3 is 0 Å². The van der Waals surface area contributed by atoms with Crippen LogP contribution in [0.2, 0.25) is 0 Å². The SMILES string of the molecule is COCc1cc(=O)[nH]c(-c2ccc(CN3CCCCC3c3cccnc3)cc2)n1. The van der Waals surface area contributed by atoms with Gasteiger partial charge in [-0.05, 0) is 36.6 Å². The van der Waals surface area contributed by atoms with E-state index in [0.29, 0.717) is 24.2 Å². The molecule has 0 bridgehead atoms. The number of nitrogens with zero attached hydrogens (tertiary/aromatic N) is 3. The summed E-state index contributed by atoms with van der Waals surface area (Å²) < 4.78 is 5.10. The highest BCUT2D eigenvalue weighted by atomic mass is 16.5. The van der Waals surface area contributed by atoms with Crippen LogP contribution in [0.4, 0.5) is 0 Å². The number of nitrogens with one attached hydrogen (secondary N) is 1. The van der Waals surface area contributed by atoms with Crippen molar-refractivity contribution in [1.82, 2.24) is 19.9 Å². The van der Waals surface area contributed by atoms with Crippen molar-refractivity contribution in [3.8, 4) is 11.4 Å². The molecule has 3 heterocycles. The van der Waals surface area contributed by atoms with E-state index in [2.05, 4.69) is 38.1 Å². The lowest BCUT2D eigenvalue weighted by molar-refractivity contribution is 0.140. The number of aromatic amines is 1. The topological polar surface area (TPSA) is 71.1 Å². The fraction of sp³-hybridized carbons (Fsp3) is 0.348. The lowest BCUT2D eigenvalue weighted by Gasteiger charge is -2.36. The maximum Gasteiger partial charge on any atom is 0.251 e. The number of hydrogen-bond acceptors (Lipinski definition) is 5. The molecule has 0 radical (unpaired) electrons. The minimum Gasteiger partial charge on any atom is -0.378 e. The van der Waals surface area contributed by atoms with Gasteiger partial charge in [0.2, 0.25) is 0 Å². The second kappa shape index (κ2) is 9.11. The van der Waals surface area contributed by atoms with Crippen molar-refractivity contribution in [2.75, 3.05) is 13.7 Å². The summed E-state index contributed by atoms with van der Waals surface area (Å²) in [6.45, 7) is 2.31. The maximum absolute atomic E-state index is 11.9. The standard InChI is InChI=1S/C23H26N4O2/c1-29-16-20-13-22(28)26-23(25-20)18-9-7-17(8-10-18)15-27-12-3-2-6-21(27)19-5-4-11-24-14-19/h4-5,7-11,13-14,21H,2-3,6,12,15-16H2,1H3,(H,25,26,28). The number of aromatic nitrogens is 3. The van der Waals surface area contributed by atoms with Crippen molar-refractivity contribution in [3.05, 3.63) is 82.0 Å². The van der Waals surface area contributed by atoms with Gasteiger partial charge in [-0.2, -0.15) is 0 Å². The van der Waals surface area contributed by atoms with Gasteiger partial charge in [0.05, 0.1) is 12.3 Å². The summed E-state index contributed by atoms with van der Waals surface area (Å²) in [5.41, 5.74) is 3.90. The molecule has 1 saturated heterocycles. The van der Waals surface area contributed by atoms with E-state index in [4.69, 9.17) is 4.74 Å². The van der Waals surface area contributed by atoms with Crippen LogP contribution in [0.25, 0.3) is 11.4 Å². The second-order valence-electron chi connectivity index (χ2n) is 7.48. The molecule has 1 atom stereocenters. The predicted molar refractivity (Wildman–Crippen MR) is 112 cm³/mol. The first-order chi connectivity index (χ1) is 14.2. The summed E-state index contributed by atoms with van der Waals surface area (Å²) in [6.07, 6.45) is 7.47. The third-order valence-corrected chi connectivity index (χ3v) is 5.38. The van der Waals surface area contributed by atoms with Gasteiger partial charge in [-0.25, -0.2) is 4.98 Å². The molecule has 2 aromatic heterocycles.